The van der Waals surface area contributed by atoms with Gasteiger partial charge in [0.05, 0.1) is 10.7 Å². The molecule has 0 fully saturated rings. The molecule has 0 spiro atoms. The number of hydrogen-bond acceptors (Lipinski definition) is 2. The summed E-state index contributed by atoms with van der Waals surface area (Å²) >= 11 is 13.7. The van der Waals surface area contributed by atoms with Gasteiger partial charge in [0.2, 0.25) is 0 Å². The largest absolute Gasteiger partial charge is 0.329 e. The smallest absolute Gasteiger partial charge is 0.166 e. The molecule has 0 amide bonds. The van der Waals surface area contributed by atoms with E-state index in [0.717, 1.165) is 33.8 Å². The summed E-state index contributed by atoms with van der Waals surface area (Å²) in [4.78, 5) is 12.7. The van der Waals surface area contributed by atoms with Crippen molar-refractivity contribution in [2.24, 2.45) is 5.92 Å². The summed E-state index contributed by atoms with van der Waals surface area (Å²) in [5.74, 6) is 0.448. The number of thioether (sulfide) groups is 1. The number of hydrogen-bond donors (Lipinski definition) is 0. The molecule has 0 N–H and O–H groups in total. The first-order valence-corrected chi connectivity index (χ1v) is 11.0. The van der Waals surface area contributed by atoms with Crippen molar-refractivity contribution in [1.82, 2.24) is 4.57 Å². The highest BCUT2D eigenvalue weighted by Crippen LogP contribution is 2.36. The summed E-state index contributed by atoms with van der Waals surface area (Å²) in [5, 5.41) is 2.06. The molecular weight excluding hydrogens is 421 g/mol. The lowest BCUT2D eigenvalue weighted by molar-refractivity contribution is 0.111. The number of nitrogens with zero attached hydrogens (tertiary/aromatic N) is 1. The van der Waals surface area contributed by atoms with Crippen LogP contribution in [0, 0.1) is 5.92 Å². The fourth-order valence-corrected chi connectivity index (χ4v) is 4.43. The van der Waals surface area contributed by atoms with Crippen molar-refractivity contribution in [2.75, 3.05) is 0 Å². The van der Waals surface area contributed by atoms with E-state index in [2.05, 4.69) is 27.0 Å². The Morgan fingerprint density at radius 3 is 2.48 bits per heavy atom. The quantitative estimate of drug-likeness (QED) is 0.193. The van der Waals surface area contributed by atoms with Crippen LogP contribution in [-0.2, 0) is 13.0 Å². The monoisotopic (exact) mass is 449 g/mol. The van der Waals surface area contributed by atoms with Crippen LogP contribution in [0.3, 0.4) is 0 Å². The van der Waals surface area contributed by atoms with Crippen molar-refractivity contribution in [3.63, 3.8) is 0 Å². The molecule has 0 aliphatic rings. The second-order valence-electron chi connectivity index (χ2n) is 7.01. The van der Waals surface area contributed by atoms with Crippen molar-refractivity contribution in [1.29, 1.82) is 0 Å². The molecule has 1 aromatic rings. The molecule has 0 bridgehead atoms. The van der Waals surface area contributed by atoms with Gasteiger partial charge in [0.1, 0.15) is 0 Å². The lowest BCUT2D eigenvalue weighted by atomic mass is 10.1. The minimum atomic E-state index is 0.418. The number of carbonyl (C=O) groups excluding carboxylic acids is 1. The molecular formula is C24H29Cl2NOS. The Balaban J connectivity index is 3.61. The van der Waals surface area contributed by atoms with E-state index in [0.29, 0.717) is 28.2 Å². The van der Waals surface area contributed by atoms with Crippen LogP contribution in [0.2, 0.25) is 0 Å². The maximum atomic E-state index is 11.8. The van der Waals surface area contributed by atoms with Gasteiger partial charge in [-0.05, 0) is 55.5 Å². The van der Waals surface area contributed by atoms with Crippen LogP contribution in [0.25, 0.3) is 0 Å². The average Bonchev–Trinajstić information content (AvgIpc) is 2.90. The number of halogens is 2. The Labute approximate surface area is 189 Å². The van der Waals surface area contributed by atoms with Crippen LogP contribution in [0.4, 0.5) is 0 Å². The first-order valence-electron chi connectivity index (χ1n) is 9.41. The van der Waals surface area contributed by atoms with Crippen molar-refractivity contribution >= 4 is 41.2 Å². The molecule has 5 heteroatoms. The number of aromatic nitrogens is 1. The summed E-state index contributed by atoms with van der Waals surface area (Å²) in [6.45, 7) is 16.2. The molecule has 0 aliphatic carbocycles. The maximum Gasteiger partial charge on any atom is 0.166 e. The molecule has 0 radical (unpaired) electrons. The van der Waals surface area contributed by atoms with E-state index in [1.54, 1.807) is 12.2 Å². The molecule has 0 saturated heterocycles. The van der Waals surface area contributed by atoms with E-state index >= 15 is 0 Å². The lowest BCUT2D eigenvalue weighted by Crippen LogP contribution is -2.06. The van der Waals surface area contributed by atoms with E-state index < -0.39 is 0 Å². The second kappa shape index (κ2) is 12.8. The first-order chi connectivity index (χ1) is 13.7. The summed E-state index contributed by atoms with van der Waals surface area (Å²) in [5.41, 5.74) is 2.81. The number of carbonyl (C=O) groups is 1. The highest BCUT2D eigenvalue weighted by atomic mass is 35.5. The fraction of sp³-hybridized carbons (Fsp3) is 0.292. The molecule has 1 rings (SSSR count). The number of aldehydes is 1. The lowest BCUT2D eigenvalue weighted by Gasteiger charge is -2.15. The number of allylic oxidation sites excluding steroid dienone is 9. The third-order valence-electron chi connectivity index (χ3n) is 3.81. The Morgan fingerprint density at radius 2 is 2.00 bits per heavy atom. The molecule has 0 saturated carbocycles. The van der Waals surface area contributed by atoms with Crippen molar-refractivity contribution in [3.05, 3.63) is 87.5 Å². The Morgan fingerprint density at radius 1 is 1.31 bits per heavy atom. The fourth-order valence-electron chi connectivity index (χ4n) is 2.85. The van der Waals surface area contributed by atoms with E-state index in [-0.39, 0.29) is 0 Å². The van der Waals surface area contributed by atoms with Crippen LogP contribution in [0.1, 0.15) is 43.7 Å². The van der Waals surface area contributed by atoms with Gasteiger partial charge in [-0.3, -0.25) is 4.79 Å². The molecule has 156 valence electrons. The second-order valence-corrected chi connectivity index (χ2v) is 9.15. The molecule has 2 nitrogen and oxygen atoms in total. The highest BCUT2D eigenvalue weighted by molar-refractivity contribution is 8.03. The van der Waals surface area contributed by atoms with Gasteiger partial charge in [-0.2, -0.15) is 0 Å². The van der Waals surface area contributed by atoms with Crippen molar-refractivity contribution in [2.45, 2.75) is 45.7 Å². The van der Waals surface area contributed by atoms with Gasteiger partial charge >= 0.3 is 0 Å². The first kappa shape index (κ1) is 25.4. The van der Waals surface area contributed by atoms with Gasteiger partial charge in [0, 0.05) is 21.5 Å². The summed E-state index contributed by atoms with van der Waals surface area (Å²) < 4.78 is 2.03. The van der Waals surface area contributed by atoms with Gasteiger partial charge < -0.3 is 4.57 Å². The Kier molecular flexibility index (Phi) is 11.2. The standard InChI is InChI=1S/C24H29Cl2NOS/c1-7-9-20(10-8-2)15-27-22(16-28)14-21(11-17(3)4)24(27)29-23(12-18(5)25)13-19(6)26/h7-10,12-14,16-17H,1,5,11,15H2,2-4,6H3/b10-8-,19-13+,20-9+,23-12+. The number of rotatable bonds is 11. The molecule has 29 heavy (non-hydrogen) atoms. The predicted octanol–water partition coefficient (Wildman–Crippen LogP) is 8.06. The van der Waals surface area contributed by atoms with Crippen LogP contribution in [0.15, 0.2) is 81.2 Å². The third kappa shape index (κ3) is 8.69. The highest BCUT2D eigenvalue weighted by Gasteiger charge is 2.18. The van der Waals surface area contributed by atoms with Crippen LogP contribution >= 0.6 is 35.0 Å². The van der Waals surface area contributed by atoms with E-state index in [1.807, 2.05) is 48.8 Å². The molecule has 0 atom stereocenters. The Bertz CT molecular complexity index is 866. The van der Waals surface area contributed by atoms with Gasteiger partial charge in [-0.1, -0.05) is 86.3 Å². The summed E-state index contributed by atoms with van der Waals surface area (Å²) in [6.07, 6.45) is 13.1. The van der Waals surface area contributed by atoms with E-state index in [4.69, 9.17) is 23.2 Å². The van der Waals surface area contributed by atoms with Gasteiger partial charge in [-0.15, -0.1) is 0 Å². The molecule has 0 unspecified atom stereocenters. The van der Waals surface area contributed by atoms with Crippen LogP contribution < -0.4 is 0 Å². The summed E-state index contributed by atoms with van der Waals surface area (Å²) in [7, 11) is 0. The van der Waals surface area contributed by atoms with Gasteiger partial charge in [0.15, 0.2) is 6.29 Å². The zero-order chi connectivity index (χ0) is 22.0. The topological polar surface area (TPSA) is 22.0 Å². The average molecular weight is 450 g/mol. The maximum absolute atomic E-state index is 11.8. The van der Waals surface area contributed by atoms with Gasteiger partial charge in [-0.25, -0.2) is 0 Å². The van der Waals surface area contributed by atoms with E-state index in [9.17, 15) is 4.79 Å². The zero-order valence-corrected chi connectivity index (χ0v) is 19.9. The zero-order valence-electron chi connectivity index (χ0n) is 17.5. The molecule has 1 heterocycles. The predicted molar refractivity (Wildman–Crippen MR) is 130 cm³/mol. The minimum absolute atomic E-state index is 0.418. The molecule has 0 aliphatic heterocycles. The molecule has 0 aromatic carbocycles. The molecule has 1 aromatic heterocycles. The van der Waals surface area contributed by atoms with Crippen LogP contribution in [-0.4, -0.2) is 10.9 Å². The van der Waals surface area contributed by atoms with Crippen LogP contribution in [0.5, 0.6) is 0 Å². The van der Waals surface area contributed by atoms with Gasteiger partial charge in [0.25, 0.3) is 0 Å². The third-order valence-corrected chi connectivity index (χ3v) is 5.18. The summed E-state index contributed by atoms with van der Waals surface area (Å²) in [6, 6.07) is 1.97. The van der Waals surface area contributed by atoms with E-state index in [1.165, 1.54) is 11.8 Å². The SMILES string of the molecule is C=C/C=C(\C=C/C)Cn1c(C=O)cc(CC(C)C)c1SC(/C=C(\C)Cl)=C/C(=C)Cl. The van der Waals surface area contributed by atoms with Crippen molar-refractivity contribution < 1.29 is 4.79 Å². The Hall–Kier alpha value is -1.68. The van der Waals surface area contributed by atoms with Crippen molar-refractivity contribution in [3.8, 4) is 0 Å². The minimum Gasteiger partial charge on any atom is -0.329 e. The normalized spacial score (nSPS) is 13.4.